The van der Waals surface area contributed by atoms with Crippen LogP contribution in [0.3, 0.4) is 0 Å². The van der Waals surface area contributed by atoms with Crippen LogP contribution in [0.2, 0.25) is 0 Å². The van der Waals surface area contributed by atoms with Crippen LogP contribution < -0.4 is 0 Å². The molecule has 0 saturated carbocycles. The van der Waals surface area contributed by atoms with Crippen molar-refractivity contribution in [3.8, 4) is 0 Å². The zero-order valence-corrected chi connectivity index (χ0v) is 8.67. The smallest absolute Gasteiger partial charge is 0.189 e. The average molecular weight is 242 g/mol. The first-order valence-electron chi connectivity index (χ1n) is 4.58. The summed E-state index contributed by atoms with van der Waals surface area (Å²) >= 11 is 0. The number of hydrogen-bond acceptors (Lipinski definition) is 8. The molecular weight excluding hydrogens is 224 g/mol. The second-order valence-corrected chi connectivity index (χ2v) is 3.76. The van der Waals surface area contributed by atoms with Gasteiger partial charge in [0.05, 0.1) is 6.61 Å². The minimum Gasteiger partial charge on any atom is -0.394 e. The lowest BCUT2D eigenvalue weighted by molar-refractivity contribution is -0.253. The summed E-state index contributed by atoms with van der Waals surface area (Å²) in [6.45, 7) is -0.0982. The van der Waals surface area contributed by atoms with E-state index in [1.165, 1.54) is 0 Å². The number of aliphatic hydroxyl groups is 8. The Hall–Kier alpha value is -0.320. The van der Waals surface area contributed by atoms with Gasteiger partial charge < -0.3 is 40.9 Å². The van der Waals surface area contributed by atoms with Crippen LogP contribution in [0.5, 0.6) is 0 Å². The van der Waals surface area contributed by atoms with Crippen molar-refractivity contribution in [2.75, 3.05) is 6.61 Å². The van der Waals surface area contributed by atoms with Gasteiger partial charge in [0.1, 0.15) is 30.5 Å². The van der Waals surface area contributed by atoms with E-state index < -0.39 is 42.9 Å². The first kappa shape index (κ1) is 15.7. The Morgan fingerprint density at radius 3 is 1.62 bits per heavy atom. The lowest BCUT2D eigenvalue weighted by atomic mass is 9.95. The van der Waals surface area contributed by atoms with Gasteiger partial charge in [0.25, 0.3) is 0 Å². The van der Waals surface area contributed by atoms with Crippen molar-refractivity contribution in [1.29, 1.82) is 0 Å². The third-order valence-electron chi connectivity index (χ3n) is 2.16. The van der Waals surface area contributed by atoms with Crippen molar-refractivity contribution in [2.24, 2.45) is 0 Å². The first-order valence-corrected chi connectivity index (χ1v) is 4.58. The maximum absolute atomic E-state index is 9.27. The lowest BCUT2D eigenvalue weighted by Gasteiger charge is -2.32. The highest BCUT2D eigenvalue weighted by atomic mass is 16.5. The molecule has 5 atom stereocenters. The van der Waals surface area contributed by atoms with Gasteiger partial charge in [0, 0.05) is 0 Å². The Labute approximate surface area is 91.6 Å². The molecule has 0 spiro atoms. The van der Waals surface area contributed by atoms with Crippen LogP contribution in [-0.2, 0) is 0 Å². The van der Waals surface area contributed by atoms with Gasteiger partial charge in [-0.1, -0.05) is 0 Å². The fourth-order valence-corrected chi connectivity index (χ4v) is 1.05. The zero-order valence-electron chi connectivity index (χ0n) is 8.67. The molecular formula is C8H18O8. The third kappa shape index (κ3) is 3.92. The molecule has 0 aromatic rings. The highest BCUT2D eigenvalue weighted by Crippen LogP contribution is 2.15. The summed E-state index contributed by atoms with van der Waals surface area (Å²) in [5, 5.41) is 72.1. The van der Waals surface area contributed by atoms with Crippen molar-refractivity contribution in [1.82, 2.24) is 0 Å². The van der Waals surface area contributed by atoms with Gasteiger partial charge in [-0.25, -0.2) is 0 Å². The van der Waals surface area contributed by atoms with Gasteiger partial charge in [-0.15, -0.1) is 0 Å². The van der Waals surface area contributed by atoms with Gasteiger partial charge in [-0.05, 0) is 6.92 Å². The molecule has 0 fully saturated rings. The van der Waals surface area contributed by atoms with Crippen molar-refractivity contribution >= 4 is 0 Å². The Morgan fingerprint density at radius 1 is 0.875 bits per heavy atom. The van der Waals surface area contributed by atoms with Crippen LogP contribution in [-0.4, -0.2) is 83.8 Å². The molecule has 0 aromatic carbocycles. The summed E-state index contributed by atoms with van der Waals surface area (Å²) in [4.78, 5) is 0. The molecule has 0 aliphatic rings. The molecule has 0 aliphatic heterocycles. The molecule has 0 saturated heterocycles. The molecule has 0 bridgehead atoms. The molecule has 0 rings (SSSR count). The largest absolute Gasteiger partial charge is 0.394 e. The van der Waals surface area contributed by atoms with Crippen LogP contribution in [0.1, 0.15) is 6.92 Å². The van der Waals surface area contributed by atoms with E-state index >= 15 is 0 Å². The average Bonchev–Trinajstić information content (AvgIpc) is 2.22. The van der Waals surface area contributed by atoms with Gasteiger partial charge in [-0.2, -0.15) is 0 Å². The van der Waals surface area contributed by atoms with E-state index in [0.717, 1.165) is 6.92 Å². The van der Waals surface area contributed by atoms with Gasteiger partial charge in [-0.3, -0.25) is 0 Å². The molecule has 4 unspecified atom stereocenters. The summed E-state index contributed by atoms with van der Waals surface area (Å²) < 4.78 is 0. The quantitative estimate of drug-likeness (QED) is 0.216. The van der Waals surface area contributed by atoms with E-state index in [-0.39, 0.29) is 0 Å². The second-order valence-electron chi connectivity index (χ2n) is 3.76. The second kappa shape index (κ2) is 5.84. The van der Waals surface area contributed by atoms with E-state index in [4.69, 9.17) is 25.5 Å². The first-order chi connectivity index (χ1) is 7.12. The van der Waals surface area contributed by atoms with Crippen molar-refractivity contribution < 1.29 is 40.9 Å². The molecule has 8 nitrogen and oxygen atoms in total. The van der Waals surface area contributed by atoms with Gasteiger partial charge in [0.2, 0.25) is 0 Å². The van der Waals surface area contributed by atoms with Gasteiger partial charge in [0.15, 0.2) is 5.79 Å². The summed E-state index contributed by atoms with van der Waals surface area (Å²) in [5.41, 5.74) is 0. The molecule has 0 aromatic heterocycles. The standard InChI is InChI=1S/C8H18O8/c1-8(15,16)7(14)6(13)5(12)4(11)3(10)2-9/h3-7,9-16H,2H2,1H3/t3?,4?,5?,6?,7-/m1/s1. The van der Waals surface area contributed by atoms with E-state index in [9.17, 15) is 15.3 Å². The monoisotopic (exact) mass is 242 g/mol. The topological polar surface area (TPSA) is 162 Å². The maximum atomic E-state index is 9.27. The Balaban J connectivity index is 4.55. The summed E-state index contributed by atoms with van der Waals surface area (Å²) in [7, 11) is 0. The van der Waals surface area contributed by atoms with Crippen LogP contribution in [0, 0.1) is 0 Å². The summed E-state index contributed by atoms with van der Waals surface area (Å²) in [5.74, 6) is -2.68. The van der Waals surface area contributed by atoms with Crippen LogP contribution in [0.25, 0.3) is 0 Å². The van der Waals surface area contributed by atoms with Crippen LogP contribution >= 0.6 is 0 Å². The maximum Gasteiger partial charge on any atom is 0.189 e. The Bertz CT molecular complexity index is 203. The minimum atomic E-state index is -2.68. The number of hydrogen-bond donors (Lipinski definition) is 8. The molecule has 0 radical (unpaired) electrons. The molecule has 0 aliphatic carbocycles. The third-order valence-corrected chi connectivity index (χ3v) is 2.16. The van der Waals surface area contributed by atoms with Crippen molar-refractivity contribution in [3.63, 3.8) is 0 Å². The highest BCUT2D eigenvalue weighted by molar-refractivity contribution is 4.88. The summed E-state index contributed by atoms with van der Waals surface area (Å²) in [6.07, 6.45) is -9.95. The van der Waals surface area contributed by atoms with Crippen molar-refractivity contribution in [2.45, 2.75) is 43.2 Å². The zero-order chi connectivity index (χ0) is 13.1. The molecule has 0 heterocycles. The lowest BCUT2D eigenvalue weighted by Crippen LogP contribution is -2.56. The molecule has 0 amide bonds. The van der Waals surface area contributed by atoms with Crippen molar-refractivity contribution in [3.05, 3.63) is 0 Å². The minimum absolute atomic E-state index is 0.766. The Kier molecular flexibility index (Phi) is 5.73. The fourth-order valence-electron chi connectivity index (χ4n) is 1.05. The summed E-state index contributed by atoms with van der Waals surface area (Å²) in [6, 6.07) is 0. The SMILES string of the molecule is CC(O)(O)[C@H](O)C(O)C(O)C(O)C(O)CO. The van der Waals surface area contributed by atoms with E-state index in [1.807, 2.05) is 0 Å². The highest BCUT2D eigenvalue weighted by Gasteiger charge is 2.41. The predicted octanol–water partition coefficient (Wildman–Crippen LogP) is -4.52. The van der Waals surface area contributed by atoms with E-state index in [2.05, 4.69) is 0 Å². The molecule has 8 heteroatoms. The molecule has 98 valence electrons. The van der Waals surface area contributed by atoms with E-state index in [1.54, 1.807) is 0 Å². The number of rotatable bonds is 6. The van der Waals surface area contributed by atoms with Crippen LogP contribution in [0.4, 0.5) is 0 Å². The van der Waals surface area contributed by atoms with E-state index in [0.29, 0.717) is 0 Å². The fraction of sp³-hybridized carbons (Fsp3) is 1.00. The number of aliphatic hydroxyl groups excluding tert-OH is 6. The normalized spacial score (nSPS) is 22.3. The predicted molar refractivity (Wildman–Crippen MR) is 50.0 cm³/mol. The molecule has 8 N–H and O–H groups in total. The van der Waals surface area contributed by atoms with Crippen LogP contribution in [0.15, 0.2) is 0 Å². The van der Waals surface area contributed by atoms with Gasteiger partial charge >= 0.3 is 0 Å². The molecule has 16 heavy (non-hydrogen) atoms. The Morgan fingerprint density at radius 2 is 1.31 bits per heavy atom.